The van der Waals surface area contributed by atoms with Gasteiger partial charge in [-0.1, -0.05) is 20.8 Å². The summed E-state index contributed by atoms with van der Waals surface area (Å²) < 4.78 is 28.6. The third-order valence-electron chi connectivity index (χ3n) is 6.03. The molecule has 0 spiro atoms. The molecule has 0 heterocycles. The van der Waals surface area contributed by atoms with E-state index in [2.05, 4.69) is 30.8 Å². The first kappa shape index (κ1) is 17.4. The van der Waals surface area contributed by atoms with Gasteiger partial charge in [-0.3, -0.25) is 4.79 Å². The van der Waals surface area contributed by atoms with Crippen LogP contribution in [-0.2, 0) is 14.8 Å². The number of rotatable bonds is 4. The lowest BCUT2D eigenvalue weighted by molar-refractivity contribution is -0.114. The molecule has 2 fully saturated rings. The first-order chi connectivity index (χ1) is 11.0. The van der Waals surface area contributed by atoms with Crippen LogP contribution in [0.2, 0.25) is 0 Å². The molecular weight excluding hydrogens is 324 g/mol. The van der Waals surface area contributed by atoms with E-state index in [4.69, 9.17) is 0 Å². The molecule has 0 aliphatic heterocycles. The van der Waals surface area contributed by atoms with Gasteiger partial charge in [0.15, 0.2) is 0 Å². The largest absolute Gasteiger partial charge is 0.326 e. The molecule has 2 aliphatic rings. The van der Waals surface area contributed by atoms with Gasteiger partial charge in [0, 0.05) is 18.7 Å². The van der Waals surface area contributed by atoms with Crippen molar-refractivity contribution in [1.29, 1.82) is 0 Å². The summed E-state index contributed by atoms with van der Waals surface area (Å²) >= 11 is 0. The van der Waals surface area contributed by atoms with E-state index in [1.807, 2.05) is 0 Å². The molecule has 132 valence electrons. The van der Waals surface area contributed by atoms with Gasteiger partial charge in [0.25, 0.3) is 0 Å². The Labute approximate surface area is 144 Å². The summed E-state index contributed by atoms with van der Waals surface area (Å²) in [6.07, 6.45) is 3.36. The molecule has 24 heavy (non-hydrogen) atoms. The molecule has 0 saturated heterocycles. The molecule has 2 N–H and O–H groups in total. The van der Waals surface area contributed by atoms with Gasteiger partial charge in [-0.25, -0.2) is 13.1 Å². The van der Waals surface area contributed by atoms with Crippen LogP contribution in [0.25, 0.3) is 0 Å². The zero-order chi connectivity index (χ0) is 17.8. The molecule has 0 aromatic heterocycles. The number of carbonyl (C=O) groups excluding carboxylic acids is 1. The van der Waals surface area contributed by atoms with Crippen molar-refractivity contribution in [2.75, 3.05) is 5.32 Å². The van der Waals surface area contributed by atoms with Gasteiger partial charge in [0.1, 0.15) is 0 Å². The topological polar surface area (TPSA) is 75.3 Å². The number of anilines is 1. The molecule has 2 bridgehead atoms. The predicted octanol–water partition coefficient (Wildman–Crippen LogP) is 3.14. The van der Waals surface area contributed by atoms with Crippen molar-refractivity contribution in [2.45, 2.75) is 57.9 Å². The Hall–Kier alpha value is -1.40. The van der Waals surface area contributed by atoms with Gasteiger partial charge in [-0.15, -0.1) is 0 Å². The van der Waals surface area contributed by atoms with E-state index in [1.54, 1.807) is 12.1 Å². The number of hydrogen-bond acceptors (Lipinski definition) is 3. The van der Waals surface area contributed by atoms with Crippen molar-refractivity contribution in [3.05, 3.63) is 24.3 Å². The number of hydrogen-bond donors (Lipinski definition) is 2. The standard InChI is InChI=1S/C18H26N2O3S/c1-12(21)19-14-5-7-15(8-6-14)24(22,23)20-16-17(2,3)13-9-10-18(16,4)11-13/h5-8,13,16,20H,9-11H2,1-4H3,(H,19,21)/t13-,16+,18-/m1/s1. The number of nitrogens with one attached hydrogen (secondary N) is 2. The van der Waals surface area contributed by atoms with Gasteiger partial charge in [0.2, 0.25) is 15.9 Å². The van der Waals surface area contributed by atoms with Gasteiger partial charge >= 0.3 is 0 Å². The van der Waals surface area contributed by atoms with Crippen LogP contribution in [0.4, 0.5) is 5.69 Å². The number of benzene rings is 1. The number of carbonyl (C=O) groups is 1. The summed E-state index contributed by atoms with van der Waals surface area (Å²) in [5, 5.41) is 2.64. The van der Waals surface area contributed by atoms with E-state index < -0.39 is 10.0 Å². The maximum atomic E-state index is 12.8. The highest BCUT2D eigenvalue weighted by atomic mass is 32.2. The van der Waals surface area contributed by atoms with Crippen LogP contribution >= 0.6 is 0 Å². The number of amides is 1. The average molecular weight is 350 g/mol. The van der Waals surface area contributed by atoms with Crippen LogP contribution in [-0.4, -0.2) is 20.4 Å². The molecule has 5 nitrogen and oxygen atoms in total. The van der Waals surface area contributed by atoms with E-state index in [0.29, 0.717) is 11.6 Å². The quantitative estimate of drug-likeness (QED) is 0.876. The smallest absolute Gasteiger partial charge is 0.240 e. The monoisotopic (exact) mass is 350 g/mol. The predicted molar refractivity (Wildman–Crippen MR) is 94.1 cm³/mol. The zero-order valence-corrected chi connectivity index (χ0v) is 15.5. The normalized spacial score (nSPS) is 31.2. The van der Waals surface area contributed by atoms with E-state index in [0.717, 1.165) is 12.8 Å². The lowest BCUT2D eigenvalue weighted by Gasteiger charge is -2.42. The number of sulfonamides is 1. The molecular formula is C18H26N2O3S. The molecule has 1 aromatic rings. The Balaban J connectivity index is 1.83. The Kier molecular flexibility index (Phi) is 4.04. The third-order valence-corrected chi connectivity index (χ3v) is 7.47. The van der Waals surface area contributed by atoms with E-state index in [9.17, 15) is 13.2 Å². The fourth-order valence-electron chi connectivity index (χ4n) is 4.74. The van der Waals surface area contributed by atoms with Crippen molar-refractivity contribution < 1.29 is 13.2 Å². The summed E-state index contributed by atoms with van der Waals surface area (Å²) in [6.45, 7) is 7.98. The first-order valence-corrected chi connectivity index (χ1v) is 9.93. The summed E-state index contributed by atoms with van der Waals surface area (Å²) in [5.41, 5.74) is 0.599. The lowest BCUT2D eigenvalue weighted by Crippen LogP contribution is -2.52. The van der Waals surface area contributed by atoms with Gasteiger partial charge in [-0.2, -0.15) is 0 Å². The molecule has 1 aromatic carbocycles. The van der Waals surface area contributed by atoms with Crippen molar-refractivity contribution in [2.24, 2.45) is 16.7 Å². The third kappa shape index (κ3) is 2.86. The second-order valence-corrected chi connectivity index (χ2v) is 9.89. The van der Waals surface area contributed by atoms with E-state index in [-0.39, 0.29) is 27.7 Å². The molecule has 0 radical (unpaired) electrons. The van der Waals surface area contributed by atoms with Crippen LogP contribution in [0, 0.1) is 16.7 Å². The molecule has 6 heteroatoms. The Morgan fingerprint density at radius 2 is 1.79 bits per heavy atom. The second-order valence-electron chi connectivity index (χ2n) is 8.17. The van der Waals surface area contributed by atoms with Crippen LogP contribution in [0.5, 0.6) is 0 Å². The van der Waals surface area contributed by atoms with Crippen molar-refractivity contribution in [3.63, 3.8) is 0 Å². The molecule has 0 unspecified atom stereocenters. The minimum absolute atomic E-state index is 0.0316. The Bertz CT molecular complexity index is 750. The highest BCUT2D eigenvalue weighted by Gasteiger charge is 2.60. The van der Waals surface area contributed by atoms with Crippen LogP contribution in [0.15, 0.2) is 29.2 Å². The fourth-order valence-corrected chi connectivity index (χ4v) is 6.27. The average Bonchev–Trinajstić information content (AvgIpc) is 2.95. The molecule has 3 atom stereocenters. The van der Waals surface area contributed by atoms with Crippen LogP contribution in [0.3, 0.4) is 0 Å². The molecule has 3 rings (SSSR count). The van der Waals surface area contributed by atoms with Gasteiger partial charge in [0.05, 0.1) is 4.90 Å². The second kappa shape index (κ2) is 5.56. The summed E-state index contributed by atoms with van der Waals surface area (Å²) in [7, 11) is -3.58. The molecule has 2 aliphatic carbocycles. The Morgan fingerprint density at radius 3 is 2.29 bits per heavy atom. The SMILES string of the molecule is CC(=O)Nc1ccc(S(=O)(=O)N[C@H]2C(C)(C)[C@@H]3CC[C@]2(C)C3)cc1. The summed E-state index contributed by atoms with van der Waals surface area (Å²) in [5.74, 6) is 0.401. The van der Waals surface area contributed by atoms with Crippen LogP contribution < -0.4 is 10.0 Å². The van der Waals surface area contributed by atoms with Crippen molar-refractivity contribution >= 4 is 21.6 Å². The minimum Gasteiger partial charge on any atom is -0.326 e. The first-order valence-electron chi connectivity index (χ1n) is 8.45. The summed E-state index contributed by atoms with van der Waals surface area (Å²) in [6, 6.07) is 6.25. The number of fused-ring (bicyclic) bond motifs is 2. The van der Waals surface area contributed by atoms with Crippen LogP contribution in [0.1, 0.15) is 47.0 Å². The Morgan fingerprint density at radius 1 is 1.17 bits per heavy atom. The van der Waals surface area contributed by atoms with Crippen molar-refractivity contribution in [1.82, 2.24) is 4.72 Å². The highest BCUT2D eigenvalue weighted by molar-refractivity contribution is 7.89. The van der Waals surface area contributed by atoms with Crippen molar-refractivity contribution in [3.8, 4) is 0 Å². The molecule has 2 saturated carbocycles. The van der Waals surface area contributed by atoms with Gasteiger partial charge < -0.3 is 5.32 Å². The maximum Gasteiger partial charge on any atom is 0.240 e. The fraction of sp³-hybridized carbons (Fsp3) is 0.611. The molecule has 1 amide bonds. The van der Waals surface area contributed by atoms with E-state index in [1.165, 1.54) is 25.5 Å². The minimum atomic E-state index is -3.58. The lowest BCUT2D eigenvalue weighted by atomic mass is 9.69. The van der Waals surface area contributed by atoms with E-state index >= 15 is 0 Å². The zero-order valence-electron chi connectivity index (χ0n) is 14.7. The van der Waals surface area contributed by atoms with Gasteiger partial charge in [-0.05, 0) is 60.3 Å². The summed E-state index contributed by atoms with van der Waals surface area (Å²) in [4.78, 5) is 11.3. The maximum absolute atomic E-state index is 12.8. The highest BCUT2D eigenvalue weighted by Crippen LogP contribution is 2.62.